The van der Waals surface area contributed by atoms with E-state index in [9.17, 15) is 0 Å². The second-order valence-electron chi connectivity index (χ2n) is 6.39. The number of ether oxygens (including phenoxy) is 1. The summed E-state index contributed by atoms with van der Waals surface area (Å²) in [5.74, 6) is 0.503. The average Bonchev–Trinajstić information content (AvgIpc) is 3.34. The SMILES string of the molecule is CC(C)c1ccc(N2CCOCC2)cn1.CN(C)C1CC1. The molecule has 0 spiro atoms. The molecule has 2 heterocycles. The molecular formula is C17H29N3O. The van der Waals surface area contributed by atoms with Crippen LogP contribution >= 0.6 is 0 Å². The summed E-state index contributed by atoms with van der Waals surface area (Å²) >= 11 is 0. The van der Waals surface area contributed by atoms with Gasteiger partial charge in [0.25, 0.3) is 0 Å². The third kappa shape index (κ3) is 5.29. The minimum Gasteiger partial charge on any atom is -0.378 e. The Morgan fingerprint density at radius 3 is 2.24 bits per heavy atom. The highest BCUT2D eigenvalue weighted by Crippen LogP contribution is 2.23. The van der Waals surface area contributed by atoms with Gasteiger partial charge in [-0.25, -0.2) is 0 Å². The van der Waals surface area contributed by atoms with Gasteiger partial charge in [-0.05, 0) is 45.0 Å². The number of rotatable bonds is 3. The van der Waals surface area contributed by atoms with Crippen molar-refractivity contribution in [3.05, 3.63) is 24.0 Å². The van der Waals surface area contributed by atoms with Crippen molar-refractivity contribution >= 4 is 5.69 Å². The van der Waals surface area contributed by atoms with E-state index in [2.05, 4.69) is 54.9 Å². The molecule has 0 N–H and O–H groups in total. The van der Waals surface area contributed by atoms with E-state index in [0.717, 1.165) is 38.0 Å². The van der Waals surface area contributed by atoms with Crippen molar-refractivity contribution in [3.63, 3.8) is 0 Å². The van der Waals surface area contributed by atoms with Crippen molar-refractivity contribution in [3.8, 4) is 0 Å². The average molecular weight is 291 g/mol. The molecule has 1 aromatic rings. The van der Waals surface area contributed by atoms with Crippen LogP contribution in [0.5, 0.6) is 0 Å². The molecule has 1 aliphatic carbocycles. The summed E-state index contributed by atoms with van der Waals surface area (Å²) in [6, 6.07) is 5.22. The minimum atomic E-state index is 0.503. The second kappa shape index (κ2) is 7.76. The third-order valence-electron chi connectivity index (χ3n) is 4.02. The zero-order valence-electron chi connectivity index (χ0n) is 13.9. The van der Waals surface area contributed by atoms with Crippen LogP contribution in [0, 0.1) is 0 Å². The first-order valence-electron chi connectivity index (χ1n) is 8.03. The van der Waals surface area contributed by atoms with Crippen LogP contribution in [0.1, 0.15) is 38.3 Å². The van der Waals surface area contributed by atoms with Gasteiger partial charge in [0.15, 0.2) is 0 Å². The first kappa shape index (κ1) is 16.2. The monoisotopic (exact) mass is 291 g/mol. The molecule has 2 fully saturated rings. The summed E-state index contributed by atoms with van der Waals surface area (Å²) in [6.07, 6.45) is 4.82. The van der Waals surface area contributed by atoms with Crippen LogP contribution in [0.15, 0.2) is 18.3 Å². The number of nitrogens with zero attached hydrogens (tertiary/aromatic N) is 3. The van der Waals surface area contributed by atoms with Crippen molar-refractivity contribution in [2.75, 3.05) is 45.3 Å². The fraction of sp³-hybridized carbons (Fsp3) is 0.706. The maximum absolute atomic E-state index is 5.32. The van der Waals surface area contributed by atoms with Crippen LogP contribution in [0.2, 0.25) is 0 Å². The van der Waals surface area contributed by atoms with Gasteiger partial charge in [-0.2, -0.15) is 0 Å². The molecule has 1 saturated heterocycles. The van der Waals surface area contributed by atoms with E-state index in [4.69, 9.17) is 4.74 Å². The van der Waals surface area contributed by atoms with E-state index >= 15 is 0 Å². The predicted octanol–water partition coefficient (Wildman–Crippen LogP) is 2.75. The molecule has 4 nitrogen and oxygen atoms in total. The Labute approximate surface area is 129 Å². The Morgan fingerprint density at radius 2 is 1.86 bits per heavy atom. The normalized spacial score (nSPS) is 18.7. The van der Waals surface area contributed by atoms with Crippen molar-refractivity contribution in [1.82, 2.24) is 9.88 Å². The second-order valence-corrected chi connectivity index (χ2v) is 6.39. The molecule has 0 unspecified atom stereocenters. The van der Waals surface area contributed by atoms with Gasteiger partial charge >= 0.3 is 0 Å². The Balaban J connectivity index is 0.000000225. The van der Waals surface area contributed by atoms with Gasteiger partial charge in [-0.1, -0.05) is 13.8 Å². The number of morpholine rings is 1. The van der Waals surface area contributed by atoms with Gasteiger partial charge < -0.3 is 14.5 Å². The first-order valence-corrected chi connectivity index (χ1v) is 8.03. The Kier molecular flexibility index (Phi) is 6.00. The van der Waals surface area contributed by atoms with E-state index in [1.54, 1.807) is 0 Å². The molecule has 21 heavy (non-hydrogen) atoms. The lowest BCUT2D eigenvalue weighted by atomic mass is 10.1. The number of aromatic nitrogens is 1. The fourth-order valence-corrected chi connectivity index (χ4v) is 2.34. The number of anilines is 1. The highest BCUT2D eigenvalue weighted by Gasteiger charge is 2.22. The van der Waals surface area contributed by atoms with Crippen molar-refractivity contribution < 1.29 is 4.74 Å². The summed E-state index contributed by atoms with van der Waals surface area (Å²) in [7, 11) is 4.27. The molecule has 1 aliphatic heterocycles. The maximum Gasteiger partial charge on any atom is 0.0642 e. The fourth-order valence-electron chi connectivity index (χ4n) is 2.34. The zero-order chi connectivity index (χ0) is 15.2. The van der Waals surface area contributed by atoms with Gasteiger partial charge in [-0.3, -0.25) is 4.98 Å². The molecule has 1 aromatic heterocycles. The van der Waals surface area contributed by atoms with E-state index in [1.807, 2.05) is 6.20 Å². The lowest BCUT2D eigenvalue weighted by molar-refractivity contribution is 0.122. The molecule has 0 amide bonds. The molecule has 4 heteroatoms. The van der Waals surface area contributed by atoms with Gasteiger partial charge in [0.05, 0.1) is 25.1 Å². The molecule has 3 rings (SSSR count). The lowest BCUT2D eigenvalue weighted by Gasteiger charge is -2.28. The lowest BCUT2D eigenvalue weighted by Crippen LogP contribution is -2.36. The highest BCUT2D eigenvalue weighted by molar-refractivity contribution is 5.45. The van der Waals surface area contributed by atoms with Crippen LogP contribution in [-0.2, 0) is 4.74 Å². The smallest absolute Gasteiger partial charge is 0.0642 e. The zero-order valence-corrected chi connectivity index (χ0v) is 13.9. The quantitative estimate of drug-likeness (QED) is 0.856. The molecule has 118 valence electrons. The van der Waals surface area contributed by atoms with E-state index in [0.29, 0.717) is 5.92 Å². The standard InChI is InChI=1S/C12H18N2O.C5H11N/c1-10(2)12-4-3-11(9-13-12)14-5-7-15-8-6-14;1-6(2)5-3-4-5/h3-4,9-10H,5-8H2,1-2H3;5H,3-4H2,1-2H3. The molecule has 1 saturated carbocycles. The maximum atomic E-state index is 5.32. The largest absolute Gasteiger partial charge is 0.378 e. The van der Waals surface area contributed by atoms with Gasteiger partial charge in [0, 0.05) is 24.8 Å². The Morgan fingerprint density at radius 1 is 1.19 bits per heavy atom. The molecule has 0 bridgehead atoms. The number of pyridine rings is 1. The molecule has 0 aromatic carbocycles. The molecule has 0 atom stereocenters. The molecule has 0 radical (unpaired) electrons. The summed E-state index contributed by atoms with van der Waals surface area (Å²) in [5.41, 5.74) is 2.37. The van der Waals surface area contributed by atoms with Crippen LogP contribution in [0.4, 0.5) is 5.69 Å². The summed E-state index contributed by atoms with van der Waals surface area (Å²) in [4.78, 5) is 9.07. The minimum absolute atomic E-state index is 0.503. The van der Waals surface area contributed by atoms with Crippen LogP contribution < -0.4 is 4.90 Å². The topological polar surface area (TPSA) is 28.6 Å². The summed E-state index contributed by atoms with van der Waals surface area (Å²) in [5, 5.41) is 0. The number of hydrogen-bond acceptors (Lipinski definition) is 4. The van der Waals surface area contributed by atoms with Gasteiger partial charge in [-0.15, -0.1) is 0 Å². The third-order valence-corrected chi connectivity index (χ3v) is 4.02. The Hall–Kier alpha value is -1.13. The van der Waals surface area contributed by atoms with Crippen molar-refractivity contribution in [2.45, 2.75) is 38.6 Å². The first-order chi connectivity index (χ1) is 10.1. The van der Waals surface area contributed by atoms with Gasteiger partial charge in [0.1, 0.15) is 0 Å². The highest BCUT2D eigenvalue weighted by atomic mass is 16.5. The van der Waals surface area contributed by atoms with E-state index in [1.165, 1.54) is 18.5 Å². The van der Waals surface area contributed by atoms with E-state index < -0.39 is 0 Å². The molecule has 2 aliphatic rings. The summed E-state index contributed by atoms with van der Waals surface area (Å²) in [6.45, 7) is 7.93. The predicted molar refractivity (Wildman–Crippen MR) is 88.1 cm³/mol. The van der Waals surface area contributed by atoms with Gasteiger partial charge in [0.2, 0.25) is 0 Å². The van der Waals surface area contributed by atoms with Crippen molar-refractivity contribution in [1.29, 1.82) is 0 Å². The Bertz CT molecular complexity index is 407. The van der Waals surface area contributed by atoms with Crippen LogP contribution in [-0.4, -0.2) is 56.3 Å². The summed E-state index contributed by atoms with van der Waals surface area (Å²) < 4.78 is 5.32. The molecular weight excluding hydrogens is 262 g/mol. The van der Waals surface area contributed by atoms with Crippen LogP contribution in [0.3, 0.4) is 0 Å². The van der Waals surface area contributed by atoms with Crippen molar-refractivity contribution in [2.24, 2.45) is 0 Å². The van der Waals surface area contributed by atoms with Crippen LogP contribution in [0.25, 0.3) is 0 Å². The van der Waals surface area contributed by atoms with E-state index in [-0.39, 0.29) is 0 Å². The number of hydrogen-bond donors (Lipinski definition) is 0.